The van der Waals surface area contributed by atoms with Crippen molar-refractivity contribution in [2.75, 3.05) is 0 Å². The lowest BCUT2D eigenvalue weighted by molar-refractivity contribution is -0.139. The van der Waals surface area contributed by atoms with Crippen LogP contribution in [0.4, 0.5) is 0 Å². The van der Waals surface area contributed by atoms with Crippen LogP contribution in [-0.2, 0) is 10.2 Å². The van der Waals surface area contributed by atoms with Crippen LogP contribution < -0.4 is 5.73 Å². The normalized spacial score (nSPS) is 19.7. The first kappa shape index (κ1) is 13.4. The first-order valence-corrected chi connectivity index (χ1v) is 6.66. The molecule has 0 radical (unpaired) electrons. The van der Waals surface area contributed by atoms with Gasteiger partial charge >= 0.3 is 5.97 Å². The number of benzene rings is 1. The summed E-state index contributed by atoms with van der Waals surface area (Å²) in [5, 5.41) is 9.70. The Labute approximate surface area is 112 Å². The molecule has 2 rings (SSSR count). The van der Waals surface area contributed by atoms with Crippen molar-refractivity contribution in [1.82, 2.24) is 0 Å². The van der Waals surface area contributed by atoms with Crippen LogP contribution in [0.1, 0.15) is 37.7 Å². The molecule has 1 aromatic carbocycles. The van der Waals surface area contributed by atoms with Gasteiger partial charge < -0.3 is 10.8 Å². The highest BCUT2D eigenvalue weighted by molar-refractivity contribution is 6.30. The Kier molecular flexibility index (Phi) is 3.93. The van der Waals surface area contributed by atoms with E-state index in [2.05, 4.69) is 0 Å². The van der Waals surface area contributed by atoms with E-state index in [9.17, 15) is 4.79 Å². The molecule has 1 aliphatic rings. The van der Waals surface area contributed by atoms with Crippen LogP contribution in [0.15, 0.2) is 24.3 Å². The minimum atomic E-state index is -0.921. The average molecular weight is 268 g/mol. The lowest BCUT2D eigenvalue weighted by Crippen LogP contribution is -2.38. The maximum Gasteiger partial charge on any atom is 0.320 e. The first-order valence-electron chi connectivity index (χ1n) is 6.28. The fourth-order valence-electron chi connectivity index (χ4n) is 2.97. The van der Waals surface area contributed by atoms with E-state index in [0.717, 1.165) is 25.7 Å². The summed E-state index contributed by atoms with van der Waals surface area (Å²) in [6.45, 7) is 0. The van der Waals surface area contributed by atoms with Gasteiger partial charge in [0.2, 0.25) is 0 Å². The Hall–Kier alpha value is -1.06. The molecule has 3 N–H and O–H groups in total. The van der Waals surface area contributed by atoms with E-state index in [1.54, 1.807) is 0 Å². The maximum atomic E-state index is 11.0. The van der Waals surface area contributed by atoms with Crippen molar-refractivity contribution in [3.8, 4) is 0 Å². The highest BCUT2D eigenvalue weighted by atomic mass is 35.5. The molecule has 1 atom stereocenters. The molecule has 1 aliphatic carbocycles. The van der Waals surface area contributed by atoms with Crippen LogP contribution in [-0.4, -0.2) is 17.1 Å². The highest BCUT2D eigenvalue weighted by Crippen LogP contribution is 2.44. The topological polar surface area (TPSA) is 63.3 Å². The van der Waals surface area contributed by atoms with Gasteiger partial charge in [-0.15, -0.1) is 0 Å². The lowest BCUT2D eigenvalue weighted by Gasteiger charge is -2.31. The second-order valence-electron chi connectivity index (χ2n) is 5.14. The van der Waals surface area contributed by atoms with E-state index < -0.39 is 12.0 Å². The molecule has 98 valence electrons. The summed E-state index contributed by atoms with van der Waals surface area (Å²) in [7, 11) is 0. The average Bonchev–Trinajstić information content (AvgIpc) is 2.79. The number of hydrogen-bond donors (Lipinski definition) is 2. The van der Waals surface area contributed by atoms with Gasteiger partial charge in [-0.2, -0.15) is 0 Å². The zero-order valence-corrected chi connectivity index (χ0v) is 11.0. The van der Waals surface area contributed by atoms with Crippen molar-refractivity contribution < 1.29 is 9.90 Å². The molecule has 0 aliphatic heterocycles. The molecule has 3 nitrogen and oxygen atoms in total. The van der Waals surface area contributed by atoms with Crippen molar-refractivity contribution in [2.24, 2.45) is 5.73 Å². The van der Waals surface area contributed by atoms with Crippen LogP contribution in [0.2, 0.25) is 5.02 Å². The van der Waals surface area contributed by atoms with E-state index in [4.69, 9.17) is 22.4 Å². The monoisotopic (exact) mass is 267 g/mol. The minimum absolute atomic E-state index is 0.0810. The fourth-order valence-corrected chi connectivity index (χ4v) is 3.10. The predicted octanol–water partition coefficient (Wildman–Crippen LogP) is 2.95. The number of carbonyl (C=O) groups is 1. The molecular weight excluding hydrogens is 250 g/mol. The third-order valence-electron chi connectivity index (χ3n) is 3.95. The quantitative estimate of drug-likeness (QED) is 0.882. The third kappa shape index (κ3) is 2.68. The summed E-state index contributed by atoms with van der Waals surface area (Å²) in [4.78, 5) is 11.0. The maximum absolute atomic E-state index is 11.0. The van der Waals surface area contributed by atoms with E-state index in [-0.39, 0.29) is 5.41 Å². The SMILES string of the molecule is NC(CC1(c2ccc(Cl)cc2)CCCC1)C(=O)O. The van der Waals surface area contributed by atoms with E-state index in [0.29, 0.717) is 11.4 Å². The van der Waals surface area contributed by atoms with Crippen molar-refractivity contribution in [2.45, 2.75) is 43.6 Å². The minimum Gasteiger partial charge on any atom is -0.480 e. The number of carboxylic acids is 1. The van der Waals surface area contributed by atoms with Gasteiger partial charge in [0.05, 0.1) is 0 Å². The molecule has 0 amide bonds. The van der Waals surface area contributed by atoms with Gasteiger partial charge in [0, 0.05) is 5.02 Å². The lowest BCUT2D eigenvalue weighted by atomic mass is 9.74. The summed E-state index contributed by atoms with van der Waals surface area (Å²) in [6, 6.07) is 6.94. The fraction of sp³-hybridized carbons (Fsp3) is 0.500. The zero-order valence-electron chi connectivity index (χ0n) is 10.2. The number of rotatable bonds is 4. The molecule has 0 saturated heterocycles. The number of halogens is 1. The number of nitrogens with two attached hydrogens (primary N) is 1. The Bertz CT molecular complexity index is 424. The number of carboxylic acid groups (broad SMARTS) is 1. The van der Waals surface area contributed by atoms with Gasteiger partial charge in [0.1, 0.15) is 6.04 Å². The van der Waals surface area contributed by atoms with Gasteiger partial charge in [0.25, 0.3) is 0 Å². The largest absolute Gasteiger partial charge is 0.480 e. The molecule has 18 heavy (non-hydrogen) atoms. The first-order chi connectivity index (χ1) is 8.53. The van der Waals surface area contributed by atoms with Crippen LogP contribution in [0, 0.1) is 0 Å². The summed E-state index contributed by atoms with van der Waals surface area (Å²) < 4.78 is 0. The zero-order chi connectivity index (χ0) is 13.2. The molecule has 1 unspecified atom stereocenters. The van der Waals surface area contributed by atoms with Gasteiger partial charge in [-0.25, -0.2) is 0 Å². The predicted molar refractivity (Wildman–Crippen MR) is 71.8 cm³/mol. The van der Waals surface area contributed by atoms with Crippen LogP contribution >= 0.6 is 11.6 Å². The van der Waals surface area contributed by atoms with E-state index >= 15 is 0 Å². The Morgan fingerprint density at radius 3 is 2.39 bits per heavy atom. The van der Waals surface area contributed by atoms with Crippen molar-refractivity contribution in [3.05, 3.63) is 34.9 Å². The van der Waals surface area contributed by atoms with Crippen LogP contribution in [0.5, 0.6) is 0 Å². The van der Waals surface area contributed by atoms with Gasteiger partial charge in [-0.05, 0) is 42.4 Å². The molecule has 0 spiro atoms. The Morgan fingerprint density at radius 1 is 1.33 bits per heavy atom. The summed E-state index contributed by atoms with van der Waals surface area (Å²) in [5.41, 5.74) is 6.81. The van der Waals surface area contributed by atoms with Crippen LogP contribution in [0.3, 0.4) is 0 Å². The molecule has 0 heterocycles. The van der Waals surface area contributed by atoms with Gasteiger partial charge in [-0.1, -0.05) is 36.6 Å². The molecule has 1 saturated carbocycles. The summed E-state index contributed by atoms with van der Waals surface area (Å²) >= 11 is 5.90. The molecule has 4 heteroatoms. The number of aliphatic carboxylic acids is 1. The Balaban J connectivity index is 2.26. The molecule has 0 aromatic heterocycles. The highest BCUT2D eigenvalue weighted by Gasteiger charge is 2.38. The van der Waals surface area contributed by atoms with Crippen molar-refractivity contribution in [3.63, 3.8) is 0 Å². The molecule has 1 fully saturated rings. The second kappa shape index (κ2) is 5.29. The van der Waals surface area contributed by atoms with Crippen LogP contribution in [0.25, 0.3) is 0 Å². The van der Waals surface area contributed by atoms with Crippen molar-refractivity contribution >= 4 is 17.6 Å². The van der Waals surface area contributed by atoms with Gasteiger partial charge in [0.15, 0.2) is 0 Å². The van der Waals surface area contributed by atoms with Gasteiger partial charge in [-0.3, -0.25) is 4.79 Å². The number of hydrogen-bond acceptors (Lipinski definition) is 2. The Morgan fingerprint density at radius 2 is 1.89 bits per heavy atom. The summed E-state index contributed by atoms with van der Waals surface area (Å²) in [5.74, 6) is -0.921. The smallest absolute Gasteiger partial charge is 0.320 e. The summed E-state index contributed by atoms with van der Waals surface area (Å²) in [6.07, 6.45) is 4.79. The third-order valence-corrected chi connectivity index (χ3v) is 4.20. The van der Waals surface area contributed by atoms with E-state index in [1.807, 2.05) is 24.3 Å². The molecule has 1 aromatic rings. The molecule has 0 bridgehead atoms. The standard InChI is InChI=1S/C14H18ClNO2/c15-11-5-3-10(4-6-11)14(7-1-2-8-14)9-12(16)13(17)18/h3-6,12H,1-2,7-9,16H2,(H,17,18). The second-order valence-corrected chi connectivity index (χ2v) is 5.58. The van der Waals surface area contributed by atoms with E-state index in [1.165, 1.54) is 5.56 Å². The molecular formula is C14H18ClNO2. The van der Waals surface area contributed by atoms with Crippen molar-refractivity contribution in [1.29, 1.82) is 0 Å².